The van der Waals surface area contributed by atoms with Crippen molar-refractivity contribution in [3.05, 3.63) is 52.0 Å². The summed E-state index contributed by atoms with van der Waals surface area (Å²) >= 11 is 13.9. The van der Waals surface area contributed by atoms with E-state index in [0.29, 0.717) is 15.8 Å². The molecule has 1 aliphatic rings. The van der Waals surface area contributed by atoms with Gasteiger partial charge in [0, 0.05) is 10.8 Å². The van der Waals surface area contributed by atoms with Gasteiger partial charge in [-0.25, -0.2) is 0 Å². The highest BCUT2D eigenvalue weighted by molar-refractivity contribution is 7.99. The predicted molar refractivity (Wildman–Crippen MR) is 83.5 cm³/mol. The number of rotatable bonds is 2. The number of thioether (sulfide) groups is 1. The Morgan fingerprint density at radius 2 is 1.95 bits per heavy atom. The normalized spacial score (nSPS) is 17.2. The number of halogens is 2. The summed E-state index contributed by atoms with van der Waals surface area (Å²) in [6.07, 6.45) is -0.0166. The molecule has 1 aliphatic heterocycles. The lowest BCUT2D eigenvalue weighted by Crippen LogP contribution is -2.15. The number of fused-ring (bicyclic) bond motifs is 1. The Labute approximate surface area is 132 Å². The first kappa shape index (κ1) is 13.9. The SMILES string of the molecule is COc1ccc(C2CSc3cc(Cl)cc(Cl)c3O2)cc1. The van der Waals surface area contributed by atoms with Gasteiger partial charge >= 0.3 is 0 Å². The van der Waals surface area contributed by atoms with E-state index in [4.69, 9.17) is 32.7 Å². The van der Waals surface area contributed by atoms with Gasteiger partial charge < -0.3 is 9.47 Å². The summed E-state index contributed by atoms with van der Waals surface area (Å²) in [7, 11) is 1.65. The largest absolute Gasteiger partial charge is 0.497 e. The highest BCUT2D eigenvalue weighted by atomic mass is 35.5. The Morgan fingerprint density at radius 1 is 1.20 bits per heavy atom. The molecule has 0 bridgehead atoms. The Bertz CT molecular complexity index is 629. The van der Waals surface area contributed by atoms with Crippen LogP contribution in [0.25, 0.3) is 0 Å². The van der Waals surface area contributed by atoms with Crippen LogP contribution in [-0.2, 0) is 0 Å². The molecule has 0 fully saturated rings. The maximum absolute atomic E-state index is 6.21. The van der Waals surface area contributed by atoms with Crippen molar-refractivity contribution in [1.82, 2.24) is 0 Å². The molecular weight excluding hydrogens is 315 g/mol. The van der Waals surface area contributed by atoms with Gasteiger partial charge in [0.25, 0.3) is 0 Å². The van der Waals surface area contributed by atoms with Crippen LogP contribution in [0.15, 0.2) is 41.3 Å². The highest BCUT2D eigenvalue weighted by Crippen LogP contribution is 2.45. The maximum Gasteiger partial charge on any atom is 0.152 e. The minimum Gasteiger partial charge on any atom is -0.497 e. The number of hydrogen-bond acceptors (Lipinski definition) is 3. The van der Waals surface area contributed by atoms with Crippen molar-refractivity contribution in [2.45, 2.75) is 11.0 Å². The lowest BCUT2D eigenvalue weighted by atomic mass is 10.1. The average molecular weight is 327 g/mol. The standard InChI is InChI=1S/C15H12Cl2O2S/c1-18-11-4-2-9(3-5-11)13-8-20-14-7-10(16)6-12(17)15(14)19-13/h2-7,13H,8H2,1H3. The summed E-state index contributed by atoms with van der Waals surface area (Å²) in [5.74, 6) is 2.38. The van der Waals surface area contributed by atoms with Crippen LogP contribution >= 0.6 is 35.0 Å². The minimum atomic E-state index is -0.0166. The van der Waals surface area contributed by atoms with Crippen LogP contribution in [0, 0.1) is 0 Å². The molecular formula is C15H12Cl2O2S. The zero-order chi connectivity index (χ0) is 14.1. The third-order valence-corrected chi connectivity index (χ3v) is 4.69. The number of methoxy groups -OCH3 is 1. The third kappa shape index (κ3) is 2.71. The predicted octanol–water partition coefficient (Wildman–Crippen LogP) is 5.23. The highest BCUT2D eigenvalue weighted by Gasteiger charge is 2.24. The van der Waals surface area contributed by atoms with E-state index in [-0.39, 0.29) is 6.10 Å². The van der Waals surface area contributed by atoms with E-state index >= 15 is 0 Å². The summed E-state index contributed by atoms with van der Waals surface area (Å²) in [5, 5.41) is 1.19. The molecule has 0 saturated heterocycles. The van der Waals surface area contributed by atoms with Gasteiger partial charge in [0.15, 0.2) is 5.75 Å². The third-order valence-electron chi connectivity index (χ3n) is 3.11. The maximum atomic E-state index is 6.21. The van der Waals surface area contributed by atoms with Crippen molar-refractivity contribution >= 4 is 35.0 Å². The van der Waals surface area contributed by atoms with Crippen LogP contribution in [0.1, 0.15) is 11.7 Å². The first-order valence-corrected chi connectivity index (χ1v) is 7.84. The minimum absolute atomic E-state index is 0.0166. The zero-order valence-electron chi connectivity index (χ0n) is 10.7. The Morgan fingerprint density at radius 3 is 2.65 bits per heavy atom. The van der Waals surface area contributed by atoms with Gasteiger partial charge in [-0.2, -0.15) is 0 Å². The smallest absolute Gasteiger partial charge is 0.152 e. The van der Waals surface area contributed by atoms with Gasteiger partial charge in [0.2, 0.25) is 0 Å². The molecule has 20 heavy (non-hydrogen) atoms. The molecule has 104 valence electrons. The van der Waals surface area contributed by atoms with Crippen LogP contribution in [0.3, 0.4) is 0 Å². The van der Waals surface area contributed by atoms with Crippen LogP contribution < -0.4 is 9.47 Å². The summed E-state index contributed by atoms with van der Waals surface area (Å²) in [6.45, 7) is 0. The first-order chi connectivity index (χ1) is 9.67. The van der Waals surface area contributed by atoms with Gasteiger partial charge in [0.05, 0.1) is 17.0 Å². The van der Waals surface area contributed by atoms with E-state index in [1.54, 1.807) is 24.9 Å². The van der Waals surface area contributed by atoms with Gasteiger partial charge in [0.1, 0.15) is 11.9 Å². The Balaban J connectivity index is 1.87. The average Bonchev–Trinajstić information content (AvgIpc) is 2.47. The van der Waals surface area contributed by atoms with Gasteiger partial charge in [-0.15, -0.1) is 11.8 Å². The molecule has 1 heterocycles. The molecule has 0 saturated carbocycles. The molecule has 0 aromatic heterocycles. The molecule has 2 nitrogen and oxygen atoms in total. The quantitative estimate of drug-likeness (QED) is 0.753. The van der Waals surface area contributed by atoms with Crippen LogP contribution in [0.2, 0.25) is 10.0 Å². The summed E-state index contributed by atoms with van der Waals surface area (Å²) in [4.78, 5) is 0.993. The van der Waals surface area contributed by atoms with E-state index in [9.17, 15) is 0 Å². The molecule has 0 N–H and O–H groups in total. The van der Waals surface area contributed by atoms with E-state index in [0.717, 1.165) is 22.0 Å². The van der Waals surface area contributed by atoms with Gasteiger partial charge in [-0.3, -0.25) is 0 Å². The fourth-order valence-electron chi connectivity index (χ4n) is 2.08. The summed E-state index contributed by atoms with van der Waals surface area (Å²) in [5.41, 5.74) is 1.11. The van der Waals surface area contributed by atoms with Gasteiger partial charge in [-0.05, 0) is 29.8 Å². The molecule has 2 aromatic carbocycles. The number of ether oxygens (including phenoxy) is 2. The fraction of sp³-hybridized carbons (Fsp3) is 0.200. The Kier molecular flexibility index (Phi) is 4.01. The van der Waals surface area contributed by atoms with Crippen LogP contribution in [0.5, 0.6) is 11.5 Å². The lowest BCUT2D eigenvalue weighted by Gasteiger charge is -2.27. The summed E-state index contributed by atoms with van der Waals surface area (Å²) in [6, 6.07) is 11.5. The molecule has 0 amide bonds. The van der Waals surface area contributed by atoms with Gasteiger partial charge in [-0.1, -0.05) is 35.3 Å². The second-order valence-corrected chi connectivity index (χ2v) is 6.31. The van der Waals surface area contributed by atoms with E-state index in [1.807, 2.05) is 30.3 Å². The number of hydrogen-bond donors (Lipinski definition) is 0. The molecule has 2 aromatic rings. The topological polar surface area (TPSA) is 18.5 Å². The fourth-order valence-corrected chi connectivity index (χ4v) is 3.83. The molecule has 3 rings (SSSR count). The van der Waals surface area contributed by atoms with E-state index < -0.39 is 0 Å². The lowest BCUT2D eigenvalue weighted by molar-refractivity contribution is 0.220. The first-order valence-electron chi connectivity index (χ1n) is 6.10. The van der Waals surface area contributed by atoms with Crippen molar-refractivity contribution in [3.8, 4) is 11.5 Å². The van der Waals surface area contributed by atoms with E-state index in [2.05, 4.69) is 0 Å². The second kappa shape index (κ2) is 5.76. The molecule has 1 atom stereocenters. The van der Waals surface area contributed by atoms with Crippen molar-refractivity contribution in [2.75, 3.05) is 12.9 Å². The van der Waals surface area contributed by atoms with Crippen molar-refractivity contribution in [2.24, 2.45) is 0 Å². The molecule has 0 radical (unpaired) electrons. The summed E-state index contributed by atoms with van der Waals surface area (Å²) < 4.78 is 11.2. The number of benzene rings is 2. The second-order valence-electron chi connectivity index (χ2n) is 4.41. The monoisotopic (exact) mass is 326 g/mol. The molecule has 5 heteroatoms. The zero-order valence-corrected chi connectivity index (χ0v) is 13.1. The molecule has 1 unspecified atom stereocenters. The van der Waals surface area contributed by atoms with Crippen molar-refractivity contribution < 1.29 is 9.47 Å². The van der Waals surface area contributed by atoms with E-state index in [1.165, 1.54) is 0 Å². The van der Waals surface area contributed by atoms with Crippen LogP contribution in [0.4, 0.5) is 0 Å². The van der Waals surface area contributed by atoms with Crippen LogP contribution in [-0.4, -0.2) is 12.9 Å². The molecule has 0 aliphatic carbocycles. The molecule has 0 spiro atoms. The Hall–Kier alpha value is -1.03. The van der Waals surface area contributed by atoms with Crippen molar-refractivity contribution in [3.63, 3.8) is 0 Å². The van der Waals surface area contributed by atoms with Crippen molar-refractivity contribution in [1.29, 1.82) is 0 Å².